The molecule has 2 heterocycles. The SMILES string of the molecule is CC1CCN(S(=O)(=O)c2ccc(C(=O)NCCC(=O)O)s2)CC1. The fourth-order valence-electron chi connectivity index (χ4n) is 2.30. The average molecular weight is 360 g/mol. The Morgan fingerprint density at radius 1 is 1.35 bits per heavy atom. The Morgan fingerprint density at radius 2 is 2.00 bits per heavy atom. The molecule has 1 aromatic heterocycles. The lowest BCUT2D eigenvalue weighted by Crippen LogP contribution is -2.37. The quantitative estimate of drug-likeness (QED) is 0.797. The smallest absolute Gasteiger partial charge is 0.305 e. The summed E-state index contributed by atoms with van der Waals surface area (Å²) in [6.45, 7) is 3.12. The second-order valence-electron chi connectivity index (χ2n) is 5.60. The largest absolute Gasteiger partial charge is 0.481 e. The van der Waals surface area contributed by atoms with E-state index in [-0.39, 0.29) is 22.1 Å². The maximum Gasteiger partial charge on any atom is 0.305 e. The summed E-state index contributed by atoms with van der Waals surface area (Å²) in [5.41, 5.74) is 0. The molecule has 0 aliphatic carbocycles. The third kappa shape index (κ3) is 4.52. The number of carbonyl (C=O) groups excluding carboxylic acids is 1. The van der Waals surface area contributed by atoms with E-state index in [1.165, 1.54) is 16.4 Å². The van der Waals surface area contributed by atoms with Gasteiger partial charge >= 0.3 is 5.97 Å². The lowest BCUT2D eigenvalue weighted by atomic mass is 10.0. The van der Waals surface area contributed by atoms with E-state index in [0.717, 1.165) is 24.2 Å². The maximum atomic E-state index is 12.6. The van der Waals surface area contributed by atoms with E-state index < -0.39 is 21.9 Å². The average Bonchev–Trinajstić information content (AvgIpc) is 2.98. The van der Waals surface area contributed by atoms with Crippen LogP contribution in [0.25, 0.3) is 0 Å². The first-order chi connectivity index (χ1) is 10.8. The molecule has 0 aromatic carbocycles. The zero-order chi connectivity index (χ0) is 17.0. The summed E-state index contributed by atoms with van der Waals surface area (Å²) < 4.78 is 26.7. The molecule has 23 heavy (non-hydrogen) atoms. The second kappa shape index (κ2) is 7.41. The first kappa shape index (κ1) is 17.9. The fraction of sp³-hybridized carbons (Fsp3) is 0.571. The molecule has 1 aliphatic heterocycles. The van der Waals surface area contributed by atoms with Gasteiger partial charge < -0.3 is 10.4 Å². The standard InChI is InChI=1S/C14H20N2O5S2/c1-10-5-8-16(9-6-10)23(20,21)13-3-2-11(22-13)14(19)15-7-4-12(17)18/h2-3,10H,4-9H2,1H3,(H,15,19)(H,17,18). The fourth-order valence-corrected chi connectivity index (χ4v) is 5.15. The summed E-state index contributed by atoms with van der Waals surface area (Å²) in [5, 5.41) is 11.0. The zero-order valence-electron chi connectivity index (χ0n) is 12.8. The van der Waals surface area contributed by atoms with Gasteiger partial charge in [-0.2, -0.15) is 4.31 Å². The topological polar surface area (TPSA) is 104 Å². The normalized spacial score (nSPS) is 17.1. The van der Waals surface area contributed by atoms with Crippen molar-refractivity contribution in [1.82, 2.24) is 9.62 Å². The number of aliphatic carboxylic acids is 1. The van der Waals surface area contributed by atoms with Gasteiger partial charge in [0.1, 0.15) is 4.21 Å². The van der Waals surface area contributed by atoms with Crippen LogP contribution < -0.4 is 5.32 Å². The number of amides is 1. The van der Waals surface area contributed by atoms with Crippen molar-refractivity contribution in [1.29, 1.82) is 0 Å². The van der Waals surface area contributed by atoms with Gasteiger partial charge in [-0.3, -0.25) is 9.59 Å². The molecule has 1 saturated heterocycles. The van der Waals surface area contributed by atoms with Gasteiger partial charge in [-0.25, -0.2) is 8.42 Å². The first-order valence-corrected chi connectivity index (χ1v) is 9.66. The van der Waals surface area contributed by atoms with E-state index in [1.54, 1.807) is 0 Å². The van der Waals surface area contributed by atoms with E-state index in [4.69, 9.17) is 5.11 Å². The van der Waals surface area contributed by atoms with Gasteiger partial charge in [-0.05, 0) is 30.9 Å². The van der Waals surface area contributed by atoms with Crippen LogP contribution in [-0.2, 0) is 14.8 Å². The molecule has 128 valence electrons. The molecule has 1 aromatic rings. The van der Waals surface area contributed by atoms with E-state index >= 15 is 0 Å². The van der Waals surface area contributed by atoms with Gasteiger partial charge in [-0.1, -0.05) is 6.92 Å². The van der Waals surface area contributed by atoms with E-state index in [1.807, 2.05) is 0 Å². The molecular formula is C14H20N2O5S2. The predicted octanol–water partition coefficient (Wildman–Crippen LogP) is 1.37. The third-order valence-corrected chi connectivity index (χ3v) is 7.22. The Kier molecular flexibility index (Phi) is 5.77. The zero-order valence-corrected chi connectivity index (χ0v) is 14.5. The number of nitrogens with one attached hydrogen (secondary N) is 1. The van der Waals surface area contributed by atoms with Crippen LogP contribution in [0.1, 0.15) is 35.9 Å². The van der Waals surface area contributed by atoms with E-state index in [0.29, 0.717) is 19.0 Å². The van der Waals surface area contributed by atoms with Crippen molar-refractivity contribution in [3.63, 3.8) is 0 Å². The van der Waals surface area contributed by atoms with Crippen LogP contribution in [0.2, 0.25) is 0 Å². The summed E-state index contributed by atoms with van der Waals surface area (Å²) in [6.07, 6.45) is 1.51. The number of thiophene rings is 1. The van der Waals surface area contributed by atoms with Crippen LogP contribution in [0, 0.1) is 5.92 Å². The van der Waals surface area contributed by atoms with Crippen LogP contribution in [0.4, 0.5) is 0 Å². The second-order valence-corrected chi connectivity index (χ2v) is 8.85. The monoisotopic (exact) mass is 360 g/mol. The highest BCUT2D eigenvalue weighted by Crippen LogP contribution is 2.28. The Bertz CT molecular complexity index is 675. The molecule has 0 atom stereocenters. The number of carboxylic acids is 1. The van der Waals surface area contributed by atoms with Crippen molar-refractivity contribution in [3.05, 3.63) is 17.0 Å². The number of carbonyl (C=O) groups is 2. The summed E-state index contributed by atoms with van der Waals surface area (Å²) in [7, 11) is -3.55. The van der Waals surface area contributed by atoms with Crippen molar-refractivity contribution in [2.24, 2.45) is 5.92 Å². The van der Waals surface area contributed by atoms with Crippen LogP contribution in [0.15, 0.2) is 16.3 Å². The Morgan fingerprint density at radius 3 is 2.61 bits per heavy atom. The van der Waals surface area contributed by atoms with Crippen molar-refractivity contribution in [2.75, 3.05) is 19.6 Å². The highest BCUT2D eigenvalue weighted by atomic mass is 32.2. The van der Waals surface area contributed by atoms with Crippen molar-refractivity contribution in [2.45, 2.75) is 30.4 Å². The van der Waals surface area contributed by atoms with Crippen molar-refractivity contribution >= 4 is 33.2 Å². The summed E-state index contributed by atoms with van der Waals surface area (Å²) in [6, 6.07) is 2.89. The highest BCUT2D eigenvalue weighted by Gasteiger charge is 2.29. The van der Waals surface area contributed by atoms with Crippen LogP contribution in [-0.4, -0.2) is 49.3 Å². The predicted molar refractivity (Wildman–Crippen MR) is 86.1 cm³/mol. The molecule has 1 fully saturated rings. The number of sulfonamides is 1. The molecule has 2 rings (SSSR count). The lowest BCUT2D eigenvalue weighted by molar-refractivity contribution is -0.136. The van der Waals surface area contributed by atoms with E-state index in [9.17, 15) is 18.0 Å². The number of rotatable bonds is 6. The molecule has 9 heteroatoms. The molecule has 2 N–H and O–H groups in total. The van der Waals surface area contributed by atoms with Gasteiger partial charge in [-0.15, -0.1) is 11.3 Å². The molecule has 1 aliphatic rings. The Labute approximate surface area is 139 Å². The summed E-state index contributed by atoms with van der Waals surface area (Å²) in [4.78, 5) is 22.6. The van der Waals surface area contributed by atoms with Crippen LogP contribution in [0.5, 0.6) is 0 Å². The molecule has 0 spiro atoms. The van der Waals surface area contributed by atoms with Crippen molar-refractivity contribution in [3.8, 4) is 0 Å². The molecule has 0 radical (unpaired) electrons. The van der Waals surface area contributed by atoms with Crippen LogP contribution in [0.3, 0.4) is 0 Å². The lowest BCUT2D eigenvalue weighted by Gasteiger charge is -2.28. The number of piperidine rings is 1. The van der Waals surface area contributed by atoms with Gasteiger partial charge in [0.15, 0.2) is 0 Å². The van der Waals surface area contributed by atoms with Crippen LogP contribution >= 0.6 is 11.3 Å². The van der Waals surface area contributed by atoms with E-state index in [2.05, 4.69) is 12.2 Å². The first-order valence-electron chi connectivity index (χ1n) is 7.40. The number of carboxylic acid groups (broad SMARTS) is 1. The molecular weight excluding hydrogens is 340 g/mol. The molecule has 0 bridgehead atoms. The Hall–Kier alpha value is -1.45. The highest BCUT2D eigenvalue weighted by molar-refractivity contribution is 7.91. The van der Waals surface area contributed by atoms with Gasteiger partial charge in [0.2, 0.25) is 0 Å². The van der Waals surface area contributed by atoms with Gasteiger partial charge in [0, 0.05) is 19.6 Å². The Balaban J connectivity index is 2.03. The minimum atomic E-state index is -3.55. The summed E-state index contributed by atoms with van der Waals surface area (Å²) in [5.74, 6) is -0.926. The number of hydrogen-bond donors (Lipinski definition) is 2. The number of nitrogens with zero attached hydrogens (tertiary/aromatic N) is 1. The molecule has 0 unspecified atom stereocenters. The molecule has 1 amide bonds. The van der Waals surface area contributed by atoms with Crippen molar-refractivity contribution < 1.29 is 23.1 Å². The minimum absolute atomic E-state index is 0.0121. The third-order valence-electron chi connectivity index (χ3n) is 3.77. The maximum absolute atomic E-state index is 12.6. The molecule has 0 saturated carbocycles. The molecule has 7 nitrogen and oxygen atoms in total. The summed E-state index contributed by atoms with van der Waals surface area (Å²) >= 11 is 0.912. The van der Waals surface area contributed by atoms with Gasteiger partial charge in [0.25, 0.3) is 15.9 Å². The van der Waals surface area contributed by atoms with Gasteiger partial charge in [0.05, 0.1) is 11.3 Å². The number of hydrogen-bond acceptors (Lipinski definition) is 5. The minimum Gasteiger partial charge on any atom is -0.481 e.